The van der Waals surface area contributed by atoms with Crippen molar-refractivity contribution in [3.63, 3.8) is 0 Å². The van der Waals surface area contributed by atoms with Crippen molar-refractivity contribution in [1.29, 1.82) is 0 Å². The molecule has 0 saturated carbocycles. The first-order chi connectivity index (χ1) is 7.72. The molecule has 88 valence electrons. The van der Waals surface area contributed by atoms with E-state index in [1.807, 2.05) is 18.2 Å². The van der Waals surface area contributed by atoms with Gasteiger partial charge in [0, 0.05) is 17.6 Å². The van der Waals surface area contributed by atoms with Crippen molar-refractivity contribution in [2.45, 2.75) is 6.54 Å². The van der Waals surface area contributed by atoms with Crippen molar-refractivity contribution in [1.82, 2.24) is 5.32 Å². The summed E-state index contributed by atoms with van der Waals surface area (Å²) in [6.07, 6.45) is 1.83. The van der Waals surface area contributed by atoms with Crippen LogP contribution in [0.2, 0.25) is 0 Å². The van der Waals surface area contributed by atoms with E-state index in [9.17, 15) is 0 Å². The number of halogens is 1. The molecule has 4 heteroatoms. The number of ether oxygens (including phenoxy) is 2. The average Bonchev–Trinajstić information content (AvgIpc) is 2.31. The minimum Gasteiger partial charge on any atom is -0.493 e. The molecule has 1 aromatic rings. The first-order valence-corrected chi connectivity index (χ1v) is 5.74. The van der Waals surface area contributed by atoms with E-state index in [1.54, 1.807) is 14.2 Å². The van der Waals surface area contributed by atoms with Gasteiger partial charge in [0.25, 0.3) is 0 Å². The third-order valence-corrected chi connectivity index (χ3v) is 2.89. The molecule has 16 heavy (non-hydrogen) atoms. The smallest absolute Gasteiger partial charge is 0.161 e. The van der Waals surface area contributed by atoms with Gasteiger partial charge in [0.15, 0.2) is 11.5 Å². The van der Waals surface area contributed by atoms with Crippen molar-refractivity contribution in [2.24, 2.45) is 0 Å². The van der Waals surface area contributed by atoms with Crippen molar-refractivity contribution in [3.05, 3.63) is 34.8 Å². The lowest BCUT2D eigenvalue weighted by Gasteiger charge is -2.12. The second-order valence-electron chi connectivity index (χ2n) is 3.22. The van der Waals surface area contributed by atoms with Crippen LogP contribution < -0.4 is 14.8 Å². The third kappa shape index (κ3) is 3.25. The maximum atomic E-state index is 5.24. The molecule has 0 unspecified atom stereocenters. The predicted octanol–water partition coefficient (Wildman–Crippen LogP) is 2.74. The molecule has 3 nitrogen and oxygen atoms in total. The van der Waals surface area contributed by atoms with Crippen LogP contribution in [0.4, 0.5) is 0 Å². The molecule has 0 amide bonds. The second-order valence-corrected chi connectivity index (χ2v) is 4.07. The van der Waals surface area contributed by atoms with E-state index in [0.717, 1.165) is 34.6 Å². The molecule has 1 aromatic carbocycles. The van der Waals surface area contributed by atoms with Crippen LogP contribution >= 0.6 is 15.9 Å². The fraction of sp³-hybridized carbons (Fsp3) is 0.333. The Kier molecular flexibility index (Phi) is 5.35. The van der Waals surface area contributed by atoms with Gasteiger partial charge in [-0.1, -0.05) is 22.0 Å². The van der Waals surface area contributed by atoms with Crippen LogP contribution in [-0.4, -0.2) is 20.8 Å². The average molecular weight is 286 g/mol. The zero-order chi connectivity index (χ0) is 12.0. The monoisotopic (exact) mass is 285 g/mol. The molecule has 0 aromatic heterocycles. The molecule has 1 rings (SSSR count). The number of rotatable bonds is 6. The van der Waals surface area contributed by atoms with Gasteiger partial charge in [-0.2, -0.15) is 0 Å². The SMILES string of the molecule is C=CCNCc1cc(OC)c(OC)cc1Br. The zero-order valence-corrected chi connectivity index (χ0v) is 11.1. The van der Waals surface area contributed by atoms with E-state index in [-0.39, 0.29) is 0 Å². The first kappa shape index (κ1) is 13.1. The molecule has 0 aliphatic rings. The van der Waals surface area contributed by atoms with E-state index in [0.29, 0.717) is 0 Å². The normalized spacial score (nSPS) is 9.94. The molecule has 0 heterocycles. The maximum Gasteiger partial charge on any atom is 0.161 e. The van der Waals surface area contributed by atoms with Gasteiger partial charge in [-0.25, -0.2) is 0 Å². The summed E-state index contributed by atoms with van der Waals surface area (Å²) < 4.78 is 11.5. The van der Waals surface area contributed by atoms with Crippen molar-refractivity contribution < 1.29 is 9.47 Å². The van der Waals surface area contributed by atoms with Crippen molar-refractivity contribution >= 4 is 15.9 Å². The van der Waals surface area contributed by atoms with Crippen LogP contribution in [0, 0.1) is 0 Å². The molecule has 0 radical (unpaired) electrons. The molecular formula is C12H16BrNO2. The predicted molar refractivity (Wildman–Crippen MR) is 69.1 cm³/mol. The van der Waals surface area contributed by atoms with Crippen molar-refractivity contribution in [3.8, 4) is 11.5 Å². The quantitative estimate of drug-likeness (QED) is 0.644. The van der Waals surface area contributed by atoms with Crippen LogP contribution in [0.15, 0.2) is 29.3 Å². The van der Waals surface area contributed by atoms with Crippen LogP contribution in [0.25, 0.3) is 0 Å². The maximum absolute atomic E-state index is 5.24. The highest BCUT2D eigenvalue weighted by atomic mass is 79.9. The largest absolute Gasteiger partial charge is 0.493 e. The minimum absolute atomic E-state index is 0.724. The highest BCUT2D eigenvalue weighted by Crippen LogP contribution is 2.33. The van der Waals surface area contributed by atoms with Crippen LogP contribution in [0.3, 0.4) is 0 Å². The standard InChI is InChI=1S/C12H16BrNO2/c1-4-5-14-8-9-6-11(15-2)12(16-3)7-10(9)13/h4,6-7,14H,1,5,8H2,2-3H3. The number of benzene rings is 1. The van der Waals surface area contributed by atoms with Gasteiger partial charge < -0.3 is 14.8 Å². The summed E-state index contributed by atoms with van der Waals surface area (Å²) in [6.45, 7) is 5.19. The zero-order valence-electron chi connectivity index (χ0n) is 9.55. The molecule has 0 aliphatic heterocycles. The lowest BCUT2D eigenvalue weighted by Crippen LogP contribution is -2.13. The van der Waals surface area contributed by atoms with E-state index in [2.05, 4.69) is 27.8 Å². The highest BCUT2D eigenvalue weighted by Gasteiger charge is 2.08. The first-order valence-electron chi connectivity index (χ1n) is 4.95. The van der Waals surface area contributed by atoms with Gasteiger partial charge in [0.2, 0.25) is 0 Å². The van der Waals surface area contributed by atoms with Crippen LogP contribution in [0.5, 0.6) is 11.5 Å². The lowest BCUT2D eigenvalue weighted by atomic mass is 10.2. The van der Waals surface area contributed by atoms with Gasteiger partial charge in [0.1, 0.15) is 0 Å². The fourth-order valence-electron chi connectivity index (χ4n) is 1.34. The Morgan fingerprint density at radius 3 is 2.50 bits per heavy atom. The molecule has 0 bridgehead atoms. The summed E-state index contributed by atoms with van der Waals surface area (Å²) >= 11 is 3.50. The highest BCUT2D eigenvalue weighted by molar-refractivity contribution is 9.10. The Morgan fingerprint density at radius 1 is 1.31 bits per heavy atom. The van der Waals surface area contributed by atoms with Gasteiger partial charge >= 0.3 is 0 Å². The Bertz CT molecular complexity index is 366. The summed E-state index contributed by atoms with van der Waals surface area (Å²) in [5.41, 5.74) is 1.12. The Balaban J connectivity index is 2.88. The van der Waals surface area contributed by atoms with Gasteiger partial charge in [0.05, 0.1) is 14.2 Å². The van der Waals surface area contributed by atoms with Crippen molar-refractivity contribution in [2.75, 3.05) is 20.8 Å². The molecule has 0 atom stereocenters. The lowest BCUT2D eigenvalue weighted by molar-refractivity contribution is 0.354. The number of nitrogens with one attached hydrogen (secondary N) is 1. The van der Waals surface area contributed by atoms with Crippen LogP contribution in [-0.2, 0) is 6.54 Å². The number of methoxy groups -OCH3 is 2. The topological polar surface area (TPSA) is 30.5 Å². The molecular weight excluding hydrogens is 270 g/mol. The number of hydrogen-bond acceptors (Lipinski definition) is 3. The number of hydrogen-bond donors (Lipinski definition) is 1. The van der Waals surface area contributed by atoms with Gasteiger partial charge in [-0.3, -0.25) is 0 Å². The summed E-state index contributed by atoms with van der Waals surface area (Å²) in [5, 5.41) is 3.24. The van der Waals surface area contributed by atoms with E-state index in [1.165, 1.54) is 0 Å². The Hall–Kier alpha value is -1.00. The molecule has 0 aliphatic carbocycles. The second kappa shape index (κ2) is 6.55. The minimum atomic E-state index is 0.724. The summed E-state index contributed by atoms with van der Waals surface area (Å²) in [4.78, 5) is 0. The van der Waals surface area contributed by atoms with E-state index in [4.69, 9.17) is 9.47 Å². The van der Waals surface area contributed by atoms with Crippen LogP contribution in [0.1, 0.15) is 5.56 Å². The third-order valence-electron chi connectivity index (χ3n) is 2.16. The molecule has 0 fully saturated rings. The molecule has 0 saturated heterocycles. The summed E-state index contributed by atoms with van der Waals surface area (Å²) in [6, 6.07) is 3.86. The summed E-state index contributed by atoms with van der Waals surface area (Å²) in [5.74, 6) is 1.46. The molecule has 1 N–H and O–H groups in total. The van der Waals surface area contributed by atoms with E-state index < -0.39 is 0 Å². The van der Waals surface area contributed by atoms with Gasteiger partial charge in [-0.05, 0) is 17.7 Å². The van der Waals surface area contributed by atoms with E-state index >= 15 is 0 Å². The van der Waals surface area contributed by atoms with Gasteiger partial charge in [-0.15, -0.1) is 6.58 Å². The Morgan fingerprint density at radius 2 is 1.94 bits per heavy atom. The Labute approximate surface area is 105 Å². The molecule has 0 spiro atoms. The summed E-state index contributed by atoms with van der Waals surface area (Å²) in [7, 11) is 3.26. The fourth-order valence-corrected chi connectivity index (χ4v) is 1.80.